The first-order chi connectivity index (χ1) is 15.5. The molecule has 0 saturated heterocycles. The Morgan fingerprint density at radius 3 is 1.81 bits per heavy atom. The fraction of sp³-hybridized carbons (Fsp3) is 0.154. The van der Waals surface area contributed by atoms with Gasteiger partial charge in [0.05, 0.1) is 5.56 Å². The number of aryl methyl sites for hydroxylation is 4. The minimum atomic E-state index is -0.376. The highest BCUT2D eigenvalue weighted by atomic mass is 16.4. The van der Waals surface area contributed by atoms with Gasteiger partial charge in [-0.15, -0.1) is 0 Å². The third kappa shape index (κ3) is 2.24. The molecule has 4 aromatic heterocycles. The fourth-order valence-electron chi connectivity index (χ4n) is 5.03. The Hall–Kier alpha value is -4.06. The summed E-state index contributed by atoms with van der Waals surface area (Å²) in [5, 5.41) is 3.72. The summed E-state index contributed by atoms with van der Waals surface area (Å²) in [5.74, 6) is 1.64. The van der Waals surface area contributed by atoms with Crippen LogP contribution in [-0.2, 0) is 12.8 Å². The quantitative estimate of drug-likeness (QED) is 0.288. The summed E-state index contributed by atoms with van der Waals surface area (Å²) in [6.45, 7) is 3.80. The van der Waals surface area contributed by atoms with Crippen LogP contribution in [0.1, 0.15) is 22.5 Å². The first-order valence-electron chi connectivity index (χ1n) is 10.5. The normalized spacial score (nSPS) is 13.3. The van der Waals surface area contributed by atoms with Gasteiger partial charge < -0.3 is 17.7 Å². The highest BCUT2D eigenvalue weighted by Gasteiger charge is 2.29. The van der Waals surface area contributed by atoms with Crippen molar-refractivity contribution in [3.63, 3.8) is 0 Å². The molecule has 2 aromatic carbocycles. The monoisotopic (exact) mass is 424 g/mol. The van der Waals surface area contributed by atoms with Gasteiger partial charge in [0.1, 0.15) is 33.9 Å². The van der Waals surface area contributed by atoms with E-state index in [1.165, 1.54) is 12.1 Å². The van der Waals surface area contributed by atoms with Crippen LogP contribution in [0, 0.1) is 13.8 Å². The molecule has 32 heavy (non-hydrogen) atoms. The van der Waals surface area contributed by atoms with Crippen molar-refractivity contribution in [2.75, 3.05) is 0 Å². The van der Waals surface area contributed by atoms with Gasteiger partial charge in [-0.1, -0.05) is 0 Å². The third-order valence-corrected chi connectivity index (χ3v) is 6.52. The summed E-state index contributed by atoms with van der Waals surface area (Å²) >= 11 is 0. The highest BCUT2D eigenvalue weighted by Crippen LogP contribution is 2.46. The van der Waals surface area contributed by atoms with Crippen LogP contribution in [0.2, 0.25) is 0 Å². The SMILES string of the molecule is Cc1cc(=O)oc2cc3oc4c(c3cc12)CCc1oc2cc3oc(=O)cc(C)c3cc2c1-4. The molecule has 6 nitrogen and oxygen atoms in total. The van der Waals surface area contributed by atoms with Crippen LogP contribution in [0.5, 0.6) is 0 Å². The molecule has 0 N–H and O–H groups in total. The molecule has 1 aliphatic carbocycles. The molecule has 0 saturated carbocycles. The van der Waals surface area contributed by atoms with Gasteiger partial charge in [0.15, 0.2) is 0 Å². The number of hydrogen-bond acceptors (Lipinski definition) is 6. The molecule has 0 unspecified atom stereocenters. The number of furan rings is 2. The van der Waals surface area contributed by atoms with Crippen molar-refractivity contribution in [2.45, 2.75) is 26.7 Å². The van der Waals surface area contributed by atoms with E-state index in [2.05, 4.69) is 0 Å². The van der Waals surface area contributed by atoms with E-state index in [4.69, 9.17) is 17.7 Å². The van der Waals surface area contributed by atoms with Gasteiger partial charge in [-0.2, -0.15) is 0 Å². The molecular formula is C26H16O6. The molecule has 156 valence electrons. The predicted molar refractivity (Wildman–Crippen MR) is 120 cm³/mol. The molecule has 0 radical (unpaired) electrons. The van der Waals surface area contributed by atoms with E-state index in [1.807, 2.05) is 26.0 Å². The van der Waals surface area contributed by atoms with E-state index in [9.17, 15) is 9.59 Å². The lowest BCUT2D eigenvalue weighted by Gasteiger charge is -2.10. The zero-order valence-electron chi connectivity index (χ0n) is 17.3. The summed E-state index contributed by atoms with van der Waals surface area (Å²) in [6.07, 6.45) is 1.52. The van der Waals surface area contributed by atoms with Gasteiger partial charge in [-0.05, 0) is 43.5 Å². The molecule has 0 atom stereocenters. The lowest BCUT2D eigenvalue weighted by Crippen LogP contribution is -2.00. The molecule has 0 amide bonds. The molecule has 0 fully saturated rings. The van der Waals surface area contributed by atoms with Gasteiger partial charge in [0.2, 0.25) is 0 Å². The van der Waals surface area contributed by atoms with Crippen molar-refractivity contribution in [2.24, 2.45) is 0 Å². The Bertz CT molecular complexity index is 1890. The summed E-state index contributed by atoms with van der Waals surface area (Å²) in [7, 11) is 0. The lowest BCUT2D eigenvalue weighted by molar-refractivity contribution is 0.533. The zero-order chi connectivity index (χ0) is 21.7. The third-order valence-electron chi connectivity index (χ3n) is 6.52. The van der Waals surface area contributed by atoms with E-state index in [0.717, 1.165) is 68.2 Å². The maximum Gasteiger partial charge on any atom is 0.336 e. The lowest BCUT2D eigenvalue weighted by atomic mass is 9.92. The van der Waals surface area contributed by atoms with Crippen LogP contribution in [-0.4, -0.2) is 0 Å². The van der Waals surface area contributed by atoms with Gasteiger partial charge in [0, 0.05) is 57.8 Å². The molecule has 0 aliphatic heterocycles. The summed E-state index contributed by atoms with van der Waals surface area (Å²) in [5.41, 5.74) is 5.41. The number of fused-ring (bicyclic) bond motifs is 9. The van der Waals surface area contributed by atoms with Crippen molar-refractivity contribution in [3.8, 4) is 11.3 Å². The highest BCUT2D eigenvalue weighted by molar-refractivity contribution is 6.06. The fourth-order valence-corrected chi connectivity index (χ4v) is 5.03. The minimum absolute atomic E-state index is 0.373. The standard InChI is InChI=1S/C26H16O6/c1-11-5-23(27)30-19-9-21-16(7-14(11)19)13-3-4-18-25(26(13)32-21)17-8-15-12(2)6-24(28)31-20(15)10-22(17)29-18/h5-10H,3-4H2,1-2H3. The molecule has 1 aliphatic rings. The number of rotatable bonds is 0. The van der Waals surface area contributed by atoms with Crippen molar-refractivity contribution >= 4 is 43.9 Å². The van der Waals surface area contributed by atoms with Crippen molar-refractivity contribution in [1.82, 2.24) is 0 Å². The average Bonchev–Trinajstić information content (AvgIpc) is 3.27. The molecule has 0 bridgehead atoms. The summed E-state index contributed by atoms with van der Waals surface area (Å²) < 4.78 is 23.3. The Morgan fingerprint density at radius 1 is 0.594 bits per heavy atom. The van der Waals surface area contributed by atoms with Gasteiger partial charge in [-0.25, -0.2) is 9.59 Å². The summed E-state index contributed by atoms with van der Waals surface area (Å²) in [6, 6.07) is 10.6. The van der Waals surface area contributed by atoms with Crippen molar-refractivity contribution < 1.29 is 17.7 Å². The van der Waals surface area contributed by atoms with Gasteiger partial charge in [0.25, 0.3) is 0 Å². The maximum atomic E-state index is 11.8. The van der Waals surface area contributed by atoms with Crippen LogP contribution in [0.3, 0.4) is 0 Å². The zero-order valence-corrected chi connectivity index (χ0v) is 17.3. The second-order valence-electron chi connectivity index (χ2n) is 8.50. The van der Waals surface area contributed by atoms with E-state index < -0.39 is 0 Å². The smallest absolute Gasteiger partial charge is 0.336 e. The van der Waals surface area contributed by atoms with Gasteiger partial charge >= 0.3 is 11.3 Å². The molecular weight excluding hydrogens is 408 g/mol. The van der Waals surface area contributed by atoms with E-state index in [-0.39, 0.29) is 11.3 Å². The first-order valence-corrected chi connectivity index (χ1v) is 10.5. The van der Waals surface area contributed by atoms with Crippen LogP contribution in [0.15, 0.2) is 63.7 Å². The minimum Gasteiger partial charge on any atom is -0.460 e. The summed E-state index contributed by atoms with van der Waals surface area (Å²) in [4.78, 5) is 23.6. The second-order valence-corrected chi connectivity index (χ2v) is 8.50. The molecule has 7 rings (SSSR count). The largest absolute Gasteiger partial charge is 0.460 e. The van der Waals surface area contributed by atoms with E-state index >= 15 is 0 Å². The Balaban J connectivity index is 1.57. The molecule has 6 aromatic rings. The first kappa shape index (κ1) is 17.6. The van der Waals surface area contributed by atoms with Crippen molar-refractivity contribution in [3.05, 3.63) is 79.7 Å². The second kappa shape index (κ2) is 5.79. The van der Waals surface area contributed by atoms with Crippen LogP contribution in [0.25, 0.3) is 55.2 Å². The molecule has 0 spiro atoms. The Morgan fingerprint density at radius 2 is 1.16 bits per heavy atom. The van der Waals surface area contributed by atoms with E-state index in [0.29, 0.717) is 22.3 Å². The van der Waals surface area contributed by atoms with E-state index in [1.54, 1.807) is 12.1 Å². The molecule has 6 heteroatoms. The topological polar surface area (TPSA) is 86.7 Å². The van der Waals surface area contributed by atoms with Crippen LogP contribution >= 0.6 is 0 Å². The number of hydrogen-bond donors (Lipinski definition) is 0. The maximum absolute atomic E-state index is 11.8. The van der Waals surface area contributed by atoms with Gasteiger partial charge in [-0.3, -0.25) is 0 Å². The Labute approximate surface area is 179 Å². The molecule has 4 heterocycles. The Kier molecular flexibility index (Phi) is 3.19. The number of benzene rings is 2. The van der Waals surface area contributed by atoms with Crippen molar-refractivity contribution in [1.29, 1.82) is 0 Å². The van der Waals surface area contributed by atoms with Crippen LogP contribution < -0.4 is 11.3 Å². The van der Waals surface area contributed by atoms with Crippen LogP contribution in [0.4, 0.5) is 0 Å². The average molecular weight is 424 g/mol. The predicted octanol–water partition coefficient (Wildman–Crippen LogP) is 5.77.